The van der Waals surface area contributed by atoms with Gasteiger partial charge in [-0.15, -0.1) is 0 Å². The molecular formula is C23H29N3O7. The van der Waals surface area contributed by atoms with Gasteiger partial charge in [0.05, 0.1) is 12.7 Å². The number of carbonyl (C=O) groups excluding carboxylic acids is 2. The molecule has 5 atom stereocenters. The summed E-state index contributed by atoms with van der Waals surface area (Å²) in [5, 5.41) is 34.7. The number of carbonyl (C=O) groups is 2. The predicted octanol–water partition coefficient (Wildman–Crippen LogP) is 0.572. The summed E-state index contributed by atoms with van der Waals surface area (Å²) in [5.74, 6) is -0.538. The molecule has 1 aromatic carbocycles. The van der Waals surface area contributed by atoms with Crippen LogP contribution in [0.15, 0.2) is 18.2 Å². The minimum Gasteiger partial charge on any atom is -0.497 e. The van der Waals surface area contributed by atoms with Crippen LogP contribution in [-0.2, 0) is 14.3 Å². The lowest BCUT2D eigenvalue weighted by atomic mass is 9.78. The van der Waals surface area contributed by atoms with Gasteiger partial charge in [0.15, 0.2) is 0 Å². The molecule has 3 aliphatic heterocycles. The van der Waals surface area contributed by atoms with E-state index in [0.717, 1.165) is 4.90 Å². The van der Waals surface area contributed by atoms with E-state index in [1.54, 1.807) is 18.2 Å². The molecule has 0 unspecified atom stereocenters. The van der Waals surface area contributed by atoms with E-state index >= 15 is 0 Å². The third-order valence-electron chi connectivity index (χ3n) is 7.25. The third kappa shape index (κ3) is 2.81. The van der Waals surface area contributed by atoms with Crippen molar-refractivity contribution in [3.05, 3.63) is 29.5 Å². The zero-order chi connectivity index (χ0) is 23.9. The van der Waals surface area contributed by atoms with Crippen molar-refractivity contribution in [2.24, 2.45) is 0 Å². The number of piperazine rings is 1. The Morgan fingerprint density at radius 3 is 2.64 bits per heavy atom. The molecule has 10 heteroatoms. The fraction of sp³-hybridized carbons (Fsp3) is 0.565. The van der Waals surface area contributed by atoms with E-state index < -0.39 is 47.4 Å². The highest BCUT2D eigenvalue weighted by Crippen LogP contribution is 2.53. The lowest BCUT2D eigenvalue weighted by Gasteiger charge is -2.56. The van der Waals surface area contributed by atoms with Gasteiger partial charge in [0.1, 0.15) is 30.0 Å². The molecule has 0 spiro atoms. The van der Waals surface area contributed by atoms with Crippen molar-refractivity contribution in [2.75, 3.05) is 20.8 Å². The van der Waals surface area contributed by atoms with Gasteiger partial charge in [0, 0.05) is 41.9 Å². The number of H-pyrrole nitrogens is 1. The molecule has 2 aromatic rings. The second-order valence-electron chi connectivity index (χ2n) is 9.61. The maximum absolute atomic E-state index is 13.7. The summed E-state index contributed by atoms with van der Waals surface area (Å²) < 4.78 is 11.0. The predicted molar refractivity (Wildman–Crippen MR) is 116 cm³/mol. The fourth-order valence-electron chi connectivity index (χ4n) is 5.66. The van der Waals surface area contributed by atoms with E-state index in [1.165, 1.54) is 33.0 Å². The van der Waals surface area contributed by atoms with E-state index in [-0.39, 0.29) is 0 Å². The van der Waals surface area contributed by atoms with Crippen LogP contribution in [0.2, 0.25) is 0 Å². The van der Waals surface area contributed by atoms with Crippen molar-refractivity contribution in [3.8, 4) is 5.75 Å². The van der Waals surface area contributed by atoms with Gasteiger partial charge >= 0.3 is 0 Å². The molecule has 10 nitrogen and oxygen atoms in total. The standard InChI is InChI=1S/C23H29N3O7/c1-22(2,30)18(27)17-16-15(12-8-7-11(32-3)10-13(12)24-16)19(33-4)23(31)21(29)25-9-5-6-14(25)20(28)26(17)23/h7-8,10,14,17-19,24,27,30-31H,5-6,9H2,1-4H3/t14-,17+,18-,19-,23-/m1/s1. The Kier molecular flexibility index (Phi) is 4.81. The van der Waals surface area contributed by atoms with Gasteiger partial charge in [0.25, 0.3) is 11.6 Å². The van der Waals surface area contributed by atoms with Gasteiger partial charge in [-0.25, -0.2) is 0 Å². The number of amides is 2. The number of hydrogen-bond donors (Lipinski definition) is 4. The van der Waals surface area contributed by atoms with Crippen LogP contribution in [0.4, 0.5) is 0 Å². The average molecular weight is 459 g/mol. The first kappa shape index (κ1) is 22.1. The molecule has 2 amide bonds. The normalized spacial score (nSPS) is 30.3. The number of hydrogen-bond acceptors (Lipinski definition) is 7. The molecule has 5 rings (SSSR count). The van der Waals surface area contributed by atoms with Crippen molar-refractivity contribution in [1.82, 2.24) is 14.8 Å². The van der Waals surface area contributed by atoms with Gasteiger partial charge in [0.2, 0.25) is 5.91 Å². The minimum absolute atomic E-state index is 0.360. The molecule has 33 heavy (non-hydrogen) atoms. The number of rotatable bonds is 4. The van der Waals surface area contributed by atoms with Crippen LogP contribution in [0.3, 0.4) is 0 Å². The Morgan fingerprint density at radius 1 is 1.27 bits per heavy atom. The molecule has 0 bridgehead atoms. The zero-order valence-corrected chi connectivity index (χ0v) is 19.0. The molecule has 2 fully saturated rings. The Balaban J connectivity index is 1.83. The number of methoxy groups -OCH3 is 2. The average Bonchev–Trinajstić information content (AvgIpc) is 3.40. The largest absolute Gasteiger partial charge is 0.497 e. The van der Waals surface area contributed by atoms with Gasteiger partial charge in [-0.05, 0) is 38.8 Å². The van der Waals surface area contributed by atoms with Crippen LogP contribution < -0.4 is 4.74 Å². The second kappa shape index (κ2) is 7.17. The smallest absolute Gasteiger partial charge is 0.279 e. The number of aromatic amines is 1. The van der Waals surface area contributed by atoms with Crippen LogP contribution in [0, 0.1) is 0 Å². The highest BCUT2D eigenvalue weighted by molar-refractivity contribution is 6.01. The molecule has 3 aliphatic rings. The first-order valence-electron chi connectivity index (χ1n) is 11.0. The summed E-state index contributed by atoms with van der Waals surface area (Å²) >= 11 is 0. The molecule has 4 heterocycles. The molecule has 0 radical (unpaired) electrons. The molecule has 2 saturated heterocycles. The number of nitrogens with one attached hydrogen (secondary N) is 1. The topological polar surface area (TPSA) is 136 Å². The summed E-state index contributed by atoms with van der Waals surface area (Å²) in [4.78, 5) is 33.1. The first-order valence-corrected chi connectivity index (χ1v) is 11.0. The minimum atomic E-state index is -2.38. The maximum Gasteiger partial charge on any atom is 0.279 e. The van der Waals surface area contributed by atoms with Crippen molar-refractivity contribution in [2.45, 2.75) is 62.3 Å². The van der Waals surface area contributed by atoms with Crippen LogP contribution in [0.25, 0.3) is 10.9 Å². The van der Waals surface area contributed by atoms with E-state index in [0.29, 0.717) is 47.3 Å². The van der Waals surface area contributed by atoms with Crippen molar-refractivity contribution in [1.29, 1.82) is 0 Å². The molecule has 178 valence electrons. The summed E-state index contributed by atoms with van der Waals surface area (Å²) in [6.07, 6.45) is -1.62. The third-order valence-corrected chi connectivity index (χ3v) is 7.25. The SMILES string of the molecule is COc1ccc2c3c([nH]c2c1)[C@@H]([C@@H](O)C(C)(C)O)N1C(=O)[C@H]2CCCN2C(=O)[C@]1(O)[C@@H]3OC. The fourth-order valence-corrected chi connectivity index (χ4v) is 5.66. The summed E-state index contributed by atoms with van der Waals surface area (Å²) in [5.41, 5.74) is -2.55. The van der Waals surface area contributed by atoms with E-state index in [4.69, 9.17) is 9.47 Å². The van der Waals surface area contributed by atoms with Crippen molar-refractivity contribution >= 4 is 22.7 Å². The molecule has 0 saturated carbocycles. The number of nitrogens with zero attached hydrogens (tertiary/aromatic N) is 2. The maximum atomic E-state index is 13.7. The van der Waals surface area contributed by atoms with Gasteiger partial charge in [-0.3, -0.25) is 14.5 Å². The Labute approximate surface area is 190 Å². The quantitative estimate of drug-likeness (QED) is 0.525. The molecule has 0 aliphatic carbocycles. The van der Waals surface area contributed by atoms with E-state index in [9.17, 15) is 24.9 Å². The Hall–Kier alpha value is -2.66. The summed E-state index contributed by atoms with van der Waals surface area (Å²) in [7, 11) is 2.91. The highest BCUT2D eigenvalue weighted by atomic mass is 16.5. The van der Waals surface area contributed by atoms with Gasteiger partial charge in [-0.2, -0.15) is 0 Å². The number of ether oxygens (including phenoxy) is 2. The van der Waals surface area contributed by atoms with Crippen molar-refractivity contribution in [3.63, 3.8) is 0 Å². The second-order valence-corrected chi connectivity index (χ2v) is 9.61. The van der Waals surface area contributed by atoms with Gasteiger partial charge in [-0.1, -0.05) is 0 Å². The summed E-state index contributed by atoms with van der Waals surface area (Å²) in [6, 6.07) is 3.33. The van der Waals surface area contributed by atoms with Crippen LogP contribution >= 0.6 is 0 Å². The number of aromatic nitrogens is 1. The monoisotopic (exact) mass is 459 g/mol. The Bertz CT molecular complexity index is 1140. The van der Waals surface area contributed by atoms with Crippen LogP contribution in [-0.4, -0.2) is 86.2 Å². The lowest BCUT2D eigenvalue weighted by molar-refractivity contribution is -0.247. The van der Waals surface area contributed by atoms with E-state index in [2.05, 4.69) is 4.98 Å². The number of fused-ring (bicyclic) bond motifs is 5. The van der Waals surface area contributed by atoms with Crippen molar-refractivity contribution < 1.29 is 34.4 Å². The van der Waals surface area contributed by atoms with Gasteiger partial charge < -0.3 is 34.7 Å². The van der Waals surface area contributed by atoms with Crippen LogP contribution in [0.5, 0.6) is 5.75 Å². The lowest BCUT2D eigenvalue weighted by Crippen LogP contribution is -2.75. The van der Waals surface area contributed by atoms with Crippen LogP contribution in [0.1, 0.15) is 50.1 Å². The Morgan fingerprint density at radius 2 is 2.00 bits per heavy atom. The first-order chi connectivity index (χ1) is 15.6. The molecular weight excluding hydrogens is 430 g/mol. The number of benzene rings is 1. The molecule has 4 N–H and O–H groups in total. The zero-order valence-electron chi connectivity index (χ0n) is 19.0. The molecule has 1 aromatic heterocycles. The van der Waals surface area contributed by atoms with E-state index in [1.807, 2.05) is 0 Å². The number of aliphatic hydroxyl groups excluding tert-OH is 1. The highest BCUT2D eigenvalue weighted by Gasteiger charge is 2.67. The number of aliphatic hydroxyl groups is 3. The summed E-state index contributed by atoms with van der Waals surface area (Å²) in [6.45, 7) is 3.20.